The normalized spacial score (nSPS) is 14.6. The fraction of sp³-hybridized carbons (Fsp3) is 0.647. The fourth-order valence-electron chi connectivity index (χ4n) is 2.34. The molecule has 1 aromatic carbocycles. The van der Waals surface area contributed by atoms with E-state index in [0.29, 0.717) is 0 Å². The summed E-state index contributed by atoms with van der Waals surface area (Å²) >= 11 is 0. The minimum atomic E-state index is 0.719. The number of rotatable bonds is 8. The van der Waals surface area contributed by atoms with Gasteiger partial charge in [-0.3, -0.25) is 0 Å². The molecule has 2 rings (SSSR count). The molecule has 0 bridgehead atoms. The third-order valence-electron chi connectivity index (χ3n) is 3.73. The quantitative estimate of drug-likeness (QED) is 0.727. The molecule has 3 nitrogen and oxygen atoms in total. The van der Waals surface area contributed by atoms with Gasteiger partial charge in [-0.1, -0.05) is 20.8 Å². The molecule has 0 heterocycles. The van der Waals surface area contributed by atoms with E-state index in [1.807, 2.05) is 6.07 Å². The largest absolute Gasteiger partial charge is 0.491 e. The van der Waals surface area contributed by atoms with E-state index in [4.69, 9.17) is 10.5 Å². The molecule has 0 spiro atoms. The number of nitrogens with zero attached hydrogens (tertiary/aromatic N) is 1. The van der Waals surface area contributed by atoms with Gasteiger partial charge in [-0.15, -0.1) is 0 Å². The zero-order valence-corrected chi connectivity index (χ0v) is 13.1. The minimum absolute atomic E-state index is 0.719. The molecule has 0 radical (unpaired) electrons. The van der Waals surface area contributed by atoms with Crippen LogP contribution in [0.25, 0.3) is 0 Å². The van der Waals surface area contributed by atoms with Gasteiger partial charge in [-0.05, 0) is 43.7 Å². The Morgan fingerprint density at radius 2 is 2.10 bits per heavy atom. The molecular formula is C17H28N2O. The number of nitrogen functional groups attached to an aromatic ring is 1. The lowest BCUT2D eigenvalue weighted by molar-refractivity contribution is 0.319. The predicted octanol–water partition coefficient (Wildman–Crippen LogP) is 4.07. The summed E-state index contributed by atoms with van der Waals surface area (Å²) in [4.78, 5) is 2.53. The van der Waals surface area contributed by atoms with Crippen molar-refractivity contribution in [1.82, 2.24) is 0 Å². The van der Waals surface area contributed by atoms with Crippen LogP contribution in [0.3, 0.4) is 0 Å². The zero-order valence-electron chi connectivity index (χ0n) is 13.1. The summed E-state index contributed by atoms with van der Waals surface area (Å²) in [6.45, 7) is 8.52. The Balaban J connectivity index is 2.11. The Labute approximate surface area is 123 Å². The molecule has 1 aliphatic carbocycles. The number of hydrogen-bond acceptors (Lipinski definition) is 3. The van der Waals surface area contributed by atoms with E-state index in [-0.39, 0.29) is 0 Å². The van der Waals surface area contributed by atoms with Crippen LogP contribution < -0.4 is 15.4 Å². The average molecular weight is 276 g/mol. The van der Waals surface area contributed by atoms with Crippen LogP contribution in [-0.4, -0.2) is 19.2 Å². The number of benzene rings is 1. The molecule has 3 heteroatoms. The Morgan fingerprint density at radius 3 is 2.70 bits per heavy atom. The van der Waals surface area contributed by atoms with E-state index >= 15 is 0 Å². The van der Waals surface area contributed by atoms with Crippen molar-refractivity contribution in [3.05, 3.63) is 18.2 Å². The maximum Gasteiger partial charge on any atom is 0.144 e. The number of ether oxygens (including phenoxy) is 1. The Morgan fingerprint density at radius 1 is 1.35 bits per heavy atom. The Hall–Kier alpha value is -1.38. The molecular weight excluding hydrogens is 248 g/mol. The van der Waals surface area contributed by atoms with E-state index < -0.39 is 0 Å². The van der Waals surface area contributed by atoms with Crippen molar-refractivity contribution in [1.29, 1.82) is 0 Å². The smallest absolute Gasteiger partial charge is 0.144 e. The summed E-state index contributed by atoms with van der Waals surface area (Å²) in [7, 11) is 0. The van der Waals surface area contributed by atoms with Crippen molar-refractivity contribution < 1.29 is 4.74 Å². The van der Waals surface area contributed by atoms with Crippen LogP contribution in [0.2, 0.25) is 0 Å². The van der Waals surface area contributed by atoms with E-state index in [1.54, 1.807) is 0 Å². The molecule has 1 aliphatic rings. The maximum absolute atomic E-state index is 6.00. The van der Waals surface area contributed by atoms with Gasteiger partial charge in [0, 0.05) is 24.3 Å². The van der Waals surface area contributed by atoms with Crippen LogP contribution in [0.4, 0.5) is 11.4 Å². The molecule has 1 aromatic rings. The van der Waals surface area contributed by atoms with E-state index in [2.05, 4.69) is 37.8 Å². The van der Waals surface area contributed by atoms with Gasteiger partial charge in [0.2, 0.25) is 0 Å². The minimum Gasteiger partial charge on any atom is -0.491 e. The van der Waals surface area contributed by atoms with Crippen molar-refractivity contribution in [3.63, 3.8) is 0 Å². The molecule has 0 atom stereocenters. The monoisotopic (exact) mass is 276 g/mol. The van der Waals surface area contributed by atoms with Crippen LogP contribution in [-0.2, 0) is 0 Å². The Kier molecular flexibility index (Phi) is 5.16. The molecule has 1 fully saturated rings. The topological polar surface area (TPSA) is 38.5 Å². The van der Waals surface area contributed by atoms with Gasteiger partial charge in [-0.25, -0.2) is 0 Å². The van der Waals surface area contributed by atoms with Gasteiger partial charge < -0.3 is 15.4 Å². The van der Waals surface area contributed by atoms with Gasteiger partial charge in [0.25, 0.3) is 0 Å². The van der Waals surface area contributed by atoms with Crippen molar-refractivity contribution in [2.75, 3.05) is 23.8 Å². The molecule has 112 valence electrons. The number of hydrogen-bond donors (Lipinski definition) is 1. The summed E-state index contributed by atoms with van der Waals surface area (Å²) in [5.41, 5.74) is 8.00. The van der Waals surface area contributed by atoms with Gasteiger partial charge in [0.05, 0.1) is 12.3 Å². The van der Waals surface area contributed by atoms with Crippen LogP contribution in [0.1, 0.15) is 46.5 Å². The van der Waals surface area contributed by atoms with Gasteiger partial charge in [0.1, 0.15) is 5.75 Å². The third kappa shape index (κ3) is 4.06. The van der Waals surface area contributed by atoms with Crippen LogP contribution >= 0.6 is 0 Å². The molecule has 0 aromatic heterocycles. The molecule has 2 N–H and O–H groups in total. The van der Waals surface area contributed by atoms with Crippen molar-refractivity contribution in [3.8, 4) is 5.75 Å². The third-order valence-corrected chi connectivity index (χ3v) is 3.73. The van der Waals surface area contributed by atoms with Crippen LogP contribution in [0, 0.1) is 5.92 Å². The SMILES string of the molecule is CCCOc1cc(N(CCC(C)C)C2CC2)ccc1N. The molecule has 0 saturated heterocycles. The summed E-state index contributed by atoms with van der Waals surface area (Å²) in [5.74, 6) is 1.57. The van der Waals surface area contributed by atoms with Gasteiger partial charge in [-0.2, -0.15) is 0 Å². The molecule has 0 aliphatic heterocycles. The van der Waals surface area contributed by atoms with Gasteiger partial charge >= 0.3 is 0 Å². The lowest BCUT2D eigenvalue weighted by Crippen LogP contribution is -2.27. The lowest BCUT2D eigenvalue weighted by Gasteiger charge is -2.26. The first kappa shape index (κ1) is 15.0. The highest BCUT2D eigenvalue weighted by molar-refractivity contribution is 5.63. The summed E-state index contributed by atoms with van der Waals surface area (Å²) < 4.78 is 5.75. The van der Waals surface area contributed by atoms with Gasteiger partial charge in [0.15, 0.2) is 0 Å². The highest BCUT2D eigenvalue weighted by atomic mass is 16.5. The predicted molar refractivity (Wildman–Crippen MR) is 86.5 cm³/mol. The molecule has 0 unspecified atom stereocenters. The first-order valence-corrected chi connectivity index (χ1v) is 7.90. The summed E-state index contributed by atoms with van der Waals surface area (Å²) in [5, 5.41) is 0. The molecule has 20 heavy (non-hydrogen) atoms. The van der Waals surface area contributed by atoms with E-state index in [9.17, 15) is 0 Å². The second-order valence-corrected chi connectivity index (χ2v) is 6.18. The first-order chi connectivity index (χ1) is 9.61. The van der Waals surface area contributed by atoms with Crippen molar-refractivity contribution in [2.45, 2.75) is 52.5 Å². The van der Waals surface area contributed by atoms with E-state index in [0.717, 1.165) is 43.0 Å². The maximum atomic E-state index is 6.00. The molecule has 0 amide bonds. The molecule has 1 saturated carbocycles. The average Bonchev–Trinajstić information content (AvgIpc) is 3.23. The second-order valence-electron chi connectivity index (χ2n) is 6.18. The first-order valence-electron chi connectivity index (χ1n) is 7.90. The van der Waals surface area contributed by atoms with Crippen LogP contribution in [0.5, 0.6) is 5.75 Å². The van der Waals surface area contributed by atoms with Crippen LogP contribution in [0.15, 0.2) is 18.2 Å². The highest BCUT2D eigenvalue weighted by Crippen LogP contribution is 2.35. The second kappa shape index (κ2) is 6.87. The zero-order chi connectivity index (χ0) is 14.5. The van der Waals surface area contributed by atoms with Crippen molar-refractivity contribution >= 4 is 11.4 Å². The number of nitrogens with two attached hydrogens (primary N) is 1. The standard InChI is InChI=1S/C17H28N2O/c1-4-11-20-17-12-15(7-8-16(17)18)19(14-5-6-14)10-9-13(2)3/h7-8,12-14H,4-6,9-11,18H2,1-3H3. The summed E-state index contributed by atoms with van der Waals surface area (Å²) in [6.07, 6.45) is 4.86. The Bertz CT molecular complexity index is 427. The summed E-state index contributed by atoms with van der Waals surface area (Å²) in [6, 6.07) is 6.94. The highest BCUT2D eigenvalue weighted by Gasteiger charge is 2.29. The lowest BCUT2D eigenvalue weighted by atomic mass is 10.1. The van der Waals surface area contributed by atoms with E-state index in [1.165, 1.54) is 24.9 Å². The van der Waals surface area contributed by atoms with Crippen molar-refractivity contribution in [2.24, 2.45) is 5.92 Å². The number of anilines is 2. The fourth-order valence-corrected chi connectivity index (χ4v) is 2.34.